The number of aromatic nitrogens is 4. The zero-order valence-electron chi connectivity index (χ0n) is 13.9. The van der Waals surface area contributed by atoms with Crippen LogP contribution in [0.1, 0.15) is 42.6 Å². The van der Waals surface area contributed by atoms with E-state index in [4.69, 9.17) is 4.52 Å². The fraction of sp³-hybridized carbons (Fsp3) is 0.294. The van der Waals surface area contributed by atoms with E-state index >= 15 is 0 Å². The molecule has 7 nitrogen and oxygen atoms in total. The van der Waals surface area contributed by atoms with E-state index in [1.165, 1.54) is 0 Å². The molecule has 0 radical (unpaired) electrons. The summed E-state index contributed by atoms with van der Waals surface area (Å²) in [5.41, 5.74) is 1.25. The zero-order valence-corrected chi connectivity index (χ0v) is 13.9. The smallest absolute Gasteiger partial charge is 0.256 e. The molecular weight excluding hydrogens is 306 g/mol. The molecule has 0 saturated heterocycles. The summed E-state index contributed by atoms with van der Waals surface area (Å²) >= 11 is 0. The molecule has 0 fully saturated rings. The van der Waals surface area contributed by atoms with E-state index in [9.17, 15) is 4.79 Å². The highest BCUT2D eigenvalue weighted by molar-refractivity contribution is 6.04. The maximum Gasteiger partial charge on any atom is 0.256 e. The van der Waals surface area contributed by atoms with Crippen molar-refractivity contribution >= 4 is 11.7 Å². The van der Waals surface area contributed by atoms with Crippen LogP contribution in [0.4, 0.5) is 5.82 Å². The highest BCUT2D eigenvalue weighted by Gasteiger charge is 2.14. The second-order valence-corrected chi connectivity index (χ2v) is 5.59. The van der Waals surface area contributed by atoms with Gasteiger partial charge in [0, 0.05) is 24.1 Å². The lowest BCUT2D eigenvalue weighted by molar-refractivity contribution is 0.102. The lowest BCUT2D eigenvalue weighted by Gasteiger charge is -2.14. The Hall–Kier alpha value is -2.96. The van der Waals surface area contributed by atoms with Gasteiger partial charge < -0.3 is 9.84 Å². The van der Waals surface area contributed by atoms with Crippen LogP contribution in [0.25, 0.3) is 11.4 Å². The van der Waals surface area contributed by atoms with Crippen molar-refractivity contribution in [2.45, 2.75) is 33.2 Å². The van der Waals surface area contributed by atoms with E-state index in [1.807, 2.05) is 10.7 Å². The lowest BCUT2D eigenvalue weighted by atomic mass is 10.1. The minimum absolute atomic E-state index is 0.206. The van der Waals surface area contributed by atoms with Crippen molar-refractivity contribution in [3.05, 3.63) is 48.0 Å². The number of carbonyl (C=O) groups excluding carboxylic acids is 1. The Balaban J connectivity index is 1.82. The third-order valence-corrected chi connectivity index (χ3v) is 3.83. The molecule has 2 heterocycles. The van der Waals surface area contributed by atoms with E-state index in [1.54, 1.807) is 37.4 Å². The molecule has 124 valence electrons. The first-order valence-electron chi connectivity index (χ1n) is 7.84. The van der Waals surface area contributed by atoms with Gasteiger partial charge >= 0.3 is 0 Å². The summed E-state index contributed by atoms with van der Waals surface area (Å²) in [5.74, 6) is 1.42. The third kappa shape index (κ3) is 3.19. The van der Waals surface area contributed by atoms with E-state index in [2.05, 4.69) is 34.4 Å². The van der Waals surface area contributed by atoms with Gasteiger partial charge in [0.05, 0.1) is 12.2 Å². The number of aryl methyl sites for hydroxylation is 1. The molecule has 3 aromatic rings. The molecule has 0 unspecified atom stereocenters. The van der Waals surface area contributed by atoms with Gasteiger partial charge in [0.2, 0.25) is 11.7 Å². The minimum atomic E-state index is -0.206. The Morgan fingerprint density at radius 2 is 2.21 bits per heavy atom. The number of amides is 1. The SMILES string of the molecule is CC[C@H](C)n1nccc1NC(=O)c1cccc(-c2noc(C)n2)c1. The molecular formula is C17H19N5O2. The molecule has 0 aliphatic carbocycles. The number of hydrogen-bond donors (Lipinski definition) is 1. The van der Waals surface area contributed by atoms with Crippen LogP contribution in [0, 0.1) is 6.92 Å². The number of benzene rings is 1. The van der Waals surface area contributed by atoms with Gasteiger partial charge in [-0.2, -0.15) is 10.1 Å². The van der Waals surface area contributed by atoms with Crippen molar-refractivity contribution in [1.82, 2.24) is 19.9 Å². The summed E-state index contributed by atoms with van der Waals surface area (Å²) < 4.78 is 6.80. The largest absolute Gasteiger partial charge is 0.339 e. The van der Waals surface area contributed by atoms with Gasteiger partial charge in [-0.25, -0.2) is 4.68 Å². The predicted molar refractivity (Wildman–Crippen MR) is 89.7 cm³/mol. The average Bonchev–Trinajstić information content (AvgIpc) is 3.23. The van der Waals surface area contributed by atoms with Crippen LogP contribution in [0.3, 0.4) is 0 Å². The van der Waals surface area contributed by atoms with Crippen LogP contribution in [-0.2, 0) is 0 Å². The maximum absolute atomic E-state index is 12.5. The monoisotopic (exact) mass is 325 g/mol. The summed E-state index contributed by atoms with van der Waals surface area (Å²) in [5, 5.41) is 11.1. The van der Waals surface area contributed by atoms with Crippen LogP contribution in [0.5, 0.6) is 0 Å². The van der Waals surface area contributed by atoms with Crippen LogP contribution in [-0.4, -0.2) is 25.8 Å². The molecule has 0 aliphatic heterocycles. The molecule has 1 aromatic carbocycles. The van der Waals surface area contributed by atoms with Crippen LogP contribution >= 0.6 is 0 Å². The van der Waals surface area contributed by atoms with E-state index in [-0.39, 0.29) is 11.9 Å². The molecule has 0 spiro atoms. The topological polar surface area (TPSA) is 85.8 Å². The number of rotatable bonds is 5. The number of hydrogen-bond acceptors (Lipinski definition) is 5. The molecule has 2 aromatic heterocycles. The standard InChI is InChI=1S/C17H19N5O2/c1-4-11(2)22-15(8-9-18-22)20-17(23)14-7-5-6-13(10-14)16-19-12(3)24-21-16/h5-11H,4H2,1-3H3,(H,20,23)/t11-/m0/s1. The normalized spacial score (nSPS) is 12.1. The van der Waals surface area contributed by atoms with E-state index in [0.29, 0.717) is 23.1 Å². The fourth-order valence-electron chi connectivity index (χ4n) is 2.34. The number of carbonyl (C=O) groups is 1. The second kappa shape index (κ2) is 6.66. The van der Waals surface area contributed by atoms with Gasteiger partial charge in [-0.3, -0.25) is 4.79 Å². The highest BCUT2D eigenvalue weighted by atomic mass is 16.5. The van der Waals surface area contributed by atoms with E-state index < -0.39 is 0 Å². The van der Waals surface area contributed by atoms with Gasteiger partial charge in [-0.1, -0.05) is 24.2 Å². The molecule has 0 bridgehead atoms. The summed E-state index contributed by atoms with van der Waals surface area (Å²) in [7, 11) is 0. The lowest BCUT2D eigenvalue weighted by Crippen LogP contribution is -2.17. The van der Waals surface area contributed by atoms with Crippen LogP contribution in [0.15, 0.2) is 41.1 Å². The molecule has 0 saturated carbocycles. The zero-order chi connectivity index (χ0) is 17.1. The van der Waals surface area contributed by atoms with Crippen molar-refractivity contribution < 1.29 is 9.32 Å². The molecule has 0 aliphatic rings. The summed E-state index contributed by atoms with van der Waals surface area (Å²) in [6.45, 7) is 5.86. The maximum atomic E-state index is 12.5. The van der Waals surface area contributed by atoms with Crippen LogP contribution in [0.2, 0.25) is 0 Å². The Morgan fingerprint density at radius 1 is 1.38 bits per heavy atom. The Labute approximate surface area is 139 Å². The van der Waals surface area contributed by atoms with Crippen molar-refractivity contribution in [2.75, 3.05) is 5.32 Å². The Kier molecular flexibility index (Phi) is 4.41. The number of nitrogens with zero attached hydrogens (tertiary/aromatic N) is 4. The summed E-state index contributed by atoms with van der Waals surface area (Å²) in [6.07, 6.45) is 2.61. The second-order valence-electron chi connectivity index (χ2n) is 5.59. The van der Waals surface area contributed by atoms with Gasteiger partial charge in [0.1, 0.15) is 5.82 Å². The Bertz CT molecular complexity index is 852. The predicted octanol–water partition coefficient (Wildman–Crippen LogP) is 3.46. The number of anilines is 1. The van der Waals surface area contributed by atoms with Gasteiger partial charge in [0.25, 0.3) is 5.91 Å². The quantitative estimate of drug-likeness (QED) is 0.776. The first kappa shape index (κ1) is 15.9. The van der Waals surface area contributed by atoms with Crippen molar-refractivity contribution in [2.24, 2.45) is 0 Å². The first-order chi connectivity index (χ1) is 11.6. The molecule has 1 amide bonds. The van der Waals surface area contributed by atoms with Gasteiger partial charge in [-0.15, -0.1) is 0 Å². The minimum Gasteiger partial charge on any atom is -0.339 e. The fourth-order valence-corrected chi connectivity index (χ4v) is 2.34. The molecule has 24 heavy (non-hydrogen) atoms. The van der Waals surface area contributed by atoms with Crippen molar-refractivity contribution in [3.63, 3.8) is 0 Å². The van der Waals surface area contributed by atoms with Gasteiger partial charge in [0.15, 0.2) is 0 Å². The average molecular weight is 325 g/mol. The van der Waals surface area contributed by atoms with Crippen molar-refractivity contribution in [1.29, 1.82) is 0 Å². The highest BCUT2D eigenvalue weighted by Crippen LogP contribution is 2.20. The van der Waals surface area contributed by atoms with Crippen LogP contribution < -0.4 is 5.32 Å². The third-order valence-electron chi connectivity index (χ3n) is 3.83. The first-order valence-corrected chi connectivity index (χ1v) is 7.84. The number of nitrogens with one attached hydrogen (secondary N) is 1. The molecule has 1 N–H and O–H groups in total. The van der Waals surface area contributed by atoms with Crippen molar-refractivity contribution in [3.8, 4) is 11.4 Å². The molecule has 7 heteroatoms. The Morgan fingerprint density at radius 3 is 2.92 bits per heavy atom. The van der Waals surface area contributed by atoms with E-state index in [0.717, 1.165) is 12.0 Å². The molecule has 1 atom stereocenters. The summed E-state index contributed by atoms with van der Waals surface area (Å²) in [4.78, 5) is 16.7. The summed E-state index contributed by atoms with van der Waals surface area (Å²) in [6, 6.07) is 9.12. The molecule has 3 rings (SSSR count). The van der Waals surface area contributed by atoms with Gasteiger partial charge in [-0.05, 0) is 25.5 Å².